The number of aromatic nitrogens is 1. The summed E-state index contributed by atoms with van der Waals surface area (Å²) in [4.78, 5) is 4.55. The largest absolute Gasteiger partial charge is 0.258 e. The Kier molecular flexibility index (Phi) is 18.6. The maximum atomic E-state index is 4.55. The average molecular weight is 268 g/mol. The lowest BCUT2D eigenvalue weighted by atomic mass is 9.96. The van der Waals surface area contributed by atoms with Gasteiger partial charge in [0.05, 0.1) is 0 Å². The molecule has 1 heterocycles. The summed E-state index contributed by atoms with van der Waals surface area (Å²) in [5.41, 5.74) is 6.73. The Labute approximate surface area is 122 Å². The summed E-state index contributed by atoms with van der Waals surface area (Å²) in [6.07, 6.45) is 2.22. The molecule has 0 aliphatic heterocycles. The predicted molar refractivity (Wildman–Crippen MR) is 91.2 cm³/mol. The van der Waals surface area contributed by atoms with Crippen molar-refractivity contribution in [1.29, 1.82) is 0 Å². The highest BCUT2D eigenvalue weighted by Crippen LogP contribution is 2.20. The smallest absolute Gasteiger partial charge is 0.0410 e. The van der Waals surface area contributed by atoms with Gasteiger partial charge in [-0.3, -0.25) is 4.98 Å². The second-order valence-electron chi connectivity index (χ2n) is 3.57. The molecule has 1 nitrogen and oxygen atoms in total. The maximum Gasteiger partial charge on any atom is 0.0410 e. The molecule has 1 aromatic heterocycles. The fraction of sp³-hybridized carbons (Fsp3) is 0.722. The summed E-state index contributed by atoms with van der Waals surface area (Å²) in [7, 11) is 0. The third-order valence-corrected chi connectivity index (χ3v) is 2.84. The Balaban J connectivity index is -0.000000375. The molecule has 0 N–H and O–H groups in total. The van der Waals surface area contributed by atoms with E-state index in [0.717, 1.165) is 12.8 Å². The van der Waals surface area contributed by atoms with E-state index in [2.05, 4.69) is 39.6 Å². The van der Waals surface area contributed by atoms with E-state index in [1.54, 1.807) is 0 Å². The zero-order valence-electron chi connectivity index (χ0n) is 15.4. The lowest BCUT2D eigenvalue weighted by molar-refractivity contribution is 0.936. The minimum atomic E-state index is 1.10. The molecule has 0 fully saturated rings. The lowest BCUT2D eigenvalue weighted by Crippen LogP contribution is -2.03. The van der Waals surface area contributed by atoms with Gasteiger partial charge in [0, 0.05) is 11.4 Å². The summed E-state index contributed by atoms with van der Waals surface area (Å²) in [5.74, 6) is 0. The van der Waals surface area contributed by atoms with Crippen LogP contribution in [0.4, 0.5) is 0 Å². The maximum absolute atomic E-state index is 4.55. The van der Waals surface area contributed by atoms with Gasteiger partial charge in [-0.25, -0.2) is 0 Å². The normalized spacial score (nSPS) is 8.16. The molecule has 0 aliphatic rings. The van der Waals surface area contributed by atoms with Crippen LogP contribution in [0.25, 0.3) is 0 Å². The minimum absolute atomic E-state index is 1.10. The highest BCUT2D eigenvalue weighted by molar-refractivity contribution is 5.39. The molecular weight excluding hydrogens is 230 g/mol. The summed E-state index contributed by atoms with van der Waals surface area (Å²) < 4.78 is 0. The van der Waals surface area contributed by atoms with E-state index in [4.69, 9.17) is 0 Å². The molecule has 0 aliphatic carbocycles. The van der Waals surface area contributed by atoms with E-state index in [1.165, 1.54) is 28.1 Å². The van der Waals surface area contributed by atoms with Gasteiger partial charge in [0.2, 0.25) is 0 Å². The van der Waals surface area contributed by atoms with Gasteiger partial charge >= 0.3 is 0 Å². The van der Waals surface area contributed by atoms with Gasteiger partial charge in [0.15, 0.2) is 0 Å². The Morgan fingerprint density at radius 3 is 1.32 bits per heavy atom. The summed E-state index contributed by atoms with van der Waals surface area (Å²) >= 11 is 0. The first-order valence-corrected chi connectivity index (χ1v) is 8.07. The Hall–Kier alpha value is -0.850. The van der Waals surface area contributed by atoms with Gasteiger partial charge in [-0.2, -0.15) is 0 Å². The molecule has 19 heavy (non-hydrogen) atoms. The third-order valence-electron chi connectivity index (χ3n) is 2.84. The van der Waals surface area contributed by atoms with Crippen LogP contribution in [0.1, 0.15) is 83.5 Å². The van der Waals surface area contributed by atoms with Gasteiger partial charge < -0.3 is 0 Å². The van der Waals surface area contributed by atoms with Crippen molar-refractivity contribution in [2.75, 3.05) is 0 Å². The molecule has 0 saturated heterocycles. The zero-order chi connectivity index (χ0) is 16.0. The predicted octanol–water partition coefficient (Wildman–Crippen LogP) is 6.21. The van der Waals surface area contributed by atoms with Crippen molar-refractivity contribution in [3.63, 3.8) is 0 Å². The van der Waals surface area contributed by atoms with Crippen LogP contribution in [-0.4, -0.2) is 4.98 Å². The number of rotatable bonds is 2. The molecule has 1 aromatic rings. The Morgan fingerprint density at radius 1 is 0.632 bits per heavy atom. The zero-order valence-corrected chi connectivity index (χ0v) is 15.4. The summed E-state index contributed by atoms with van der Waals surface area (Å²) in [6.45, 7) is 22.8. The van der Waals surface area contributed by atoms with Crippen molar-refractivity contribution in [3.8, 4) is 0 Å². The third kappa shape index (κ3) is 7.34. The average Bonchev–Trinajstić information content (AvgIpc) is 2.48. The quantitative estimate of drug-likeness (QED) is 0.620. The standard InChI is InChI=1S/C12H19N.3C2H6/c1-6-11-8(3)9(4)13-10(5)12(11)7-2;3*1-2/h6-7H2,1-5H3;3*1-2H3. The van der Waals surface area contributed by atoms with Crippen molar-refractivity contribution in [1.82, 2.24) is 4.98 Å². The van der Waals surface area contributed by atoms with Crippen LogP contribution in [0.5, 0.6) is 0 Å². The van der Waals surface area contributed by atoms with Crippen molar-refractivity contribution in [2.24, 2.45) is 0 Å². The molecule has 1 rings (SSSR count). The topological polar surface area (TPSA) is 12.9 Å². The molecule has 1 heteroatoms. The van der Waals surface area contributed by atoms with E-state index >= 15 is 0 Å². The molecule has 0 amide bonds. The molecule has 0 aromatic carbocycles. The van der Waals surface area contributed by atoms with Gasteiger partial charge in [-0.1, -0.05) is 55.4 Å². The van der Waals surface area contributed by atoms with Gasteiger partial charge in [-0.15, -0.1) is 0 Å². The van der Waals surface area contributed by atoms with Crippen molar-refractivity contribution in [3.05, 3.63) is 28.1 Å². The number of aryl methyl sites for hydroxylation is 2. The molecule has 114 valence electrons. The van der Waals surface area contributed by atoms with E-state index in [-0.39, 0.29) is 0 Å². The van der Waals surface area contributed by atoms with E-state index < -0.39 is 0 Å². The highest BCUT2D eigenvalue weighted by Gasteiger charge is 2.09. The molecule has 0 radical (unpaired) electrons. The van der Waals surface area contributed by atoms with E-state index in [9.17, 15) is 0 Å². The number of hydrogen-bond acceptors (Lipinski definition) is 1. The van der Waals surface area contributed by atoms with Crippen LogP contribution in [0.2, 0.25) is 0 Å². The van der Waals surface area contributed by atoms with Gasteiger partial charge in [0.25, 0.3) is 0 Å². The SMILES string of the molecule is CC.CC.CC.CCc1c(C)nc(C)c(C)c1CC. The Bertz CT molecular complexity index is 314. The molecule has 0 atom stereocenters. The van der Waals surface area contributed by atoms with Crippen molar-refractivity contribution < 1.29 is 0 Å². The first-order valence-electron chi connectivity index (χ1n) is 8.07. The number of pyridine rings is 1. The second kappa shape index (κ2) is 15.2. The Morgan fingerprint density at radius 2 is 1.00 bits per heavy atom. The fourth-order valence-corrected chi connectivity index (χ4v) is 2.01. The van der Waals surface area contributed by atoms with Gasteiger partial charge in [0.1, 0.15) is 0 Å². The molecule has 0 unspecified atom stereocenters. The highest BCUT2D eigenvalue weighted by atomic mass is 14.7. The van der Waals surface area contributed by atoms with Gasteiger partial charge in [-0.05, 0) is 50.3 Å². The molecule has 0 bridgehead atoms. The van der Waals surface area contributed by atoms with Crippen LogP contribution in [0, 0.1) is 20.8 Å². The molecular formula is C18H37N. The van der Waals surface area contributed by atoms with Crippen LogP contribution >= 0.6 is 0 Å². The van der Waals surface area contributed by atoms with Crippen LogP contribution in [0.3, 0.4) is 0 Å². The first kappa shape index (κ1) is 23.3. The monoisotopic (exact) mass is 267 g/mol. The minimum Gasteiger partial charge on any atom is -0.258 e. The number of hydrogen-bond donors (Lipinski definition) is 0. The summed E-state index contributed by atoms with van der Waals surface area (Å²) in [5, 5.41) is 0. The fourth-order valence-electron chi connectivity index (χ4n) is 2.01. The van der Waals surface area contributed by atoms with Crippen LogP contribution < -0.4 is 0 Å². The molecule has 0 saturated carbocycles. The van der Waals surface area contributed by atoms with Crippen LogP contribution in [-0.2, 0) is 12.8 Å². The molecule has 0 spiro atoms. The van der Waals surface area contributed by atoms with Crippen LogP contribution in [0.15, 0.2) is 0 Å². The number of nitrogens with zero attached hydrogens (tertiary/aromatic N) is 1. The van der Waals surface area contributed by atoms with E-state index in [1.807, 2.05) is 41.5 Å². The van der Waals surface area contributed by atoms with Crippen molar-refractivity contribution in [2.45, 2.75) is 89.0 Å². The lowest BCUT2D eigenvalue weighted by Gasteiger charge is -2.14. The van der Waals surface area contributed by atoms with E-state index in [0.29, 0.717) is 0 Å². The van der Waals surface area contributed by atoms with Crippen molar-refractivity contribution >= 4 is 0 Å². The summed E-state index contributed by atoms with van der Waals surface area (Å²) in [6, 6.07) is 0. The second-order valence-corrected chi connectivity index (χ2v) is 3.57. The first-order chi connectivity index (χ1) is 9.11.